The molecule has 2 N–H and O–H groups in total. The molecule has 1 fully saturated rings. The van der Waals surface area contributed by atoms with Crippen LogP contribution in [0.1, 0.15) is 39.5 Å². The van der Waals surface area contributed by atoms with Gasteiger partial charge in [0.15, 0.2) is 0 Å². The van der Waals surface area contributed by atoms with Gasteiger partial charge in [0.25, 0.3) is 0 Å². The monoisotopic (exact) mass is 165 g/mol. The van der Waals surface area contributed by atoms with Gasteiger partial charge in [-0.15, -0.1) is 6.42 Å². The van der Waals surface area contributed by atoms with Crippen LogP contribution >= 0.6 is 0 Å². The first-order chi connectivity index (χ1) is 5.57. The molecule has 0 aromatic rings. The summed E-state index contributed by atoms with van der Waals surface area (Å²) in [5.41, 5.74) is 5.70. The van der Waals surface area contributed by atoms with Crippen molar-refractivity contribution in [3.63, 3.8) is 0 Å². The van der Waals surface area contributed by atoms with E-state index in [1.807, 2.05) is 0 Å². The summed E-state index contributed by atoms with van der Waals surface area (Å²) in [7, 11) is 0. The number of hydrogen-bond donors (Lipinski definition) is 1. The fourth-order valence-electron chi connectivity index (χ4n) is 1.97. The third-order valence-corrected chi connectivity index (χ3v) is 3.15. The molecule has 0 unspecified atom stereocenters. The maximum atomic E-state index is 5.98. The quantitative estimate of drug-likeness (QED) is 0.592. The summed E-state index contributed by atoms with van der Waals surface area (Å²) in [4.78, 5) is 0. The highest BCUT2D eigenvalue weighted by Crippen LogP contribution is 2.33. The zero-order chi connectivity index (χ0) is 9.19. The Labute approximate surface area is 75.7 Å². The molecule has 1 heteroatoms. The van der Waals surface area contributed by atoms with Gasteiger partial charge in [0, 0.05) is 0 Å². The zero-order valence-electron chi connectivity index (χ0n) is 8.14. The van der Waals surface area contributed by atoms with Crippen LogP contribution in [0, 0.1) is 24.2 Å². The van der Waals surface area contributed by atoms with Crippen LogP contribution in [-0.4, -0.2) is 5.54 Å². The molecule has 0 aromatic carbocycles. The van der Waals surface area contributed by atoms with Crippen molar-refractivity contribution in [3.8, 4) is 12.3 Å². The third-order valence-electron chi connectivity index (χ3n) is 3.15. The molecule has 0 radical (unpaired) electrons. The Morgan fingerprint density at radius 1 is 1.42 bits per heavy atom. The van der Waals surface area contributed by atoms with E-state index in [2.05, 4.69) is 19.8 Å². The number of rotatable bonds is 1. The Morgan fingerprint density at radius 2 is 1.92 bits per heavy atom. The van der Waals surface area contributed by atoms with Gasteiger partial charge >= 0.3 is 0 Å². The van der Waals surface area contributed by atoms with Gasteiger partial charge in [-0.1, -0.05) is 19.8 Å². The molecule has 0 bridgehead atoms. The Hall–Kier alpha value is -0.480. The summed E-state index contributed by atoms with van der Waals surface area (Å²) < 4.78 is 0. The van der Waals surface area contributed by atoms with Crippen molar-refractivity contribution in [2.75, 3.05) is 0 Å². The minimum Gasteiger partial charge on any atom is -0.315 e. The predicted molar refractivity (Wildman–Crippen MR) is 52.5 cm³/mol. The van der Waals surface area contributed by atoms with E-state index in [4.69, 9.17) is 12.2 Å². The van der Waals surface area contributed by atoms with Crippen molar-refractivity contribution in [1.82, 2.24) is 0 Å². The molecule has 1 rings (SSSR count). The van der Waals surface area contributed by atoms with E-state index < -0.39 is 0 Å². The van der Waals surface area contributed by atoms with Gasteiger partial charge in [0.05, 0.1) is 5.54 Å². The average Bonchev–Trinajstić information content (AvgIpc) is 2.05. The van der Waals surface area contributed by atoms with E-state index in [9.17, 15) is 0 Å². The van der Waals surface area contributed by atoms with Crippen LogP contribution in [0.3, 0.4) is 0 Å². The van der Waals surface area contributed by atoms with E-state index in [-0.39, 0.29) is 5.54 Å². The Morgan fingerprint density at radius 3 is 2.25 bits per heavy atom. The molecule has 0 atom stereocenters. The molecule has 0 amide bonds. The highest BCUT2D eigenvalue weighted by atomic mass is 14.7. The minimum atomic E-state index is -0.286. The normalized spacial score (nSPS) is 36.4. The molecule has 0 aliphatic heterocycles. The first-order valence-electron chi connectivity index (χ1n) is 4.84. The molecule has 0 spiro atoms. The molecule has 1 aliphatic carbocycles. The largest absolute Gasteiger partial charge is 0.315 e. The smallest absolute Gasteiger partial charge is 0.0773 e. The van der Waals surface area contributed by atoms with Crippen LogP contribution < -0.4 is 5.73 Å². The SMILES string of the molecule is C#CC1(N)CCC(C(C)C)CC1. The lowest BCUT2D eigenvalue weighted by atomic mass is 9.74. The van der Waals surface area contributed by atoms with Crippen molar-refractivity contribution in [2.24, 2.45) is 17.6 Å². The van der Waals surface area contributed by atoms with Gasteiger partial charge in [-0.2, -0.15) is 0 Å². The summed E-state index contributed by atoms with van der Waals surface area (Å²) in [5.74, 6) is 4.34. The van der Waals surface area contributed by atoms with E-state index in [0.717, 1.165) is 24.7 Å². The molecule has 68 valence electrons. The van der Waals surface area contributed by atoms with Crippen molar-refractivity contribution >= 4 is 0 Å². The molecule has 12 heavy (non-hydrogen) atoms. The molecule has 0 saturated heterocycles. The fourth-order valence-corrected chi connectivity index (χ4v) is 1.97. The van der Waals surface area contributed by atoms with Crippen LogP contribution in [0.4, 0.5) is 0 Å². The zero-order valence-corrected chi connectivity index (χ0v) is 8.14. The number of nitrogens with two attached hydrogens (primary N) is 1. The predicted octanol–water partition coefficient (Wildman–Crippen LogP) is 2.16. The number of terminal acetylenes is 1. The second-order valence-corrected chi connectivity index (χ2v) is 4.38. The fraction of sp³-hybridized carbons (Fsp3) is 0.818. The Bertz CT molecular complexity index is 180. The van der Waals surface area contributed by atoms with Crippen LogP contribution in [-0.2, 0) is 0 Å². The number of hydrogen-bond acceptors (Lipinski definition) is 1. The second kappa shape index (κ2) is 3.49. The first kappa shape index (κ1) is 9.61. The van der Waals surface area contributed by atoms with Crippen LogP contribution in [0.25, 0.3) is 0 Å². The maximum Gasteiger partial charge on any atom is 0.0773 e. The van der Waals surface area contributed by atoms with Crippen molar-refractivity contribution < 1.29 is 0 Å². The molecule has 1 nitrogen and oxygen atoms in total. The van der Waals surface area contributed by atoms with Gasteiger partial charge in [-0.05, 0) is 37.5 Å². The summed E-state index contributed by atoms with van der Waals surface area (Å²) in [6.45, 7) is 4.56. The van der Waals surface area contributed by atoms with Gasteiger partial charge in [0.1, 0.15) is 0 Å². The third kappa shape index (κ3) is 2.01. The average molecular weight is 165 g/mol. The highest BCUT2D eigenvalue weighted by Gasteiger charge is 2.30. The lowest BCUT2D eigenvalue weighted by Gasteiger charge is -2.34. The summed E-state index contributed by atoms with van der Waals surface area (Å²) in [6.07, 6.45) is 9.81. The van der Waals surface area contributed by atoms with E-state index in [0.29, 0.717) is 0 Å². The summed E-state index contributed by atoms with van der Waals surface area (Å²) in [5, 5.41) is 0. The Balaban J connectivity index is 2.46. The maximum absolute atomic E-state index is 5.98. The van der Waals surface area contributed by atoms with Crippen molar-refractivity contribution in [1.29, 1.82) is 0 Å². The Kier molecular flexibility index (Phi) is 2.80. The summed E-state index contributed by atoms with van der Waals surface area (Å²) >= 11 is 0. The molecule has 0 heterocycles. The summed E-state index contributed by atoms with van der Waals surface area (Å²) in [6, 6.07) is 0. The topological polar surface area (TPSA) is 26.0 Å². The van der Waals surface area contributed by atoms with Crippen LogP contribution in [0.2, 0.25) is 0 Å². The van der Waals surface area contributed by atoms with Gasteiger partial charge in [0.2, 0.25) is 0 Å². The molecule has 0 aromatic heterocycles. The van der Waals surface area contributed by atoms with Crippen LogP contribution in [0.15, 0.2) is 0 Å². The highest BCUT2D eigenvalue weighted by molar-refractivity contribution is 5.12. The van der Waals surface area contributed by atoms with E-state index >= 15 is 0 Å². The lowest BCUT2D eigenvalue weighted by Crippen LogP contribution is -2.42. The molecular weight excluding hydrogens is 146 g/mol. The standard InChI is InChI=1S/C11H19N/c1-4-11(12)7-5-10(6-8-11)9(2)3/h1,9-10H,5-8,12H2,2-3H3. The van der Waals surface area contributed by atoms with Gasteiger partial charge in [-0.25, -0.2) is 0 Å². The molecule has 1 saturated carbocycles. The molecule has 1 aliphatic rings. The van der Waals surface area contributed by atoms with Crippen molar-refractivity contribution in [2.45, 2.75) is 45.1 Å². The second-order valence-electron chi connectivity index (χ2n) is 4.38. The van der Waals surface area contributed by atoms with E-state index in [1.165, 1.54) is 12.8 Å². The first-order valence-corrected chi connectivity index (χ1v) is 4.84. The minimum absolute atomic E-state index is 0.286. The van der Waals surface area contributed by atoms with Gasteiger partial charge < -0.3 is 5.73 Å². The van der Waals surface area contributed by atoms with Crippen LogP contribution in [0.5, 0.6) is 0 Å². The lowest BCUT2D eigenvalue weighted by molar-refractivity contribution is 0.230. The van der Waals surface area contributed by atoms with Gasteiger partial charge in [-0.3, -0.25) is 0 Å². The van der Waals surface area contributed by atoms with Crippen molar-refractivity contribution in [3.05, 3.63) is 0 Å². The molecular formula is C11H19N. The van der Waals surface area contributed by atoms with E-state index in [1.54, 1.807) is 0 Å².